The highest BCUT2D eigenvalue weighted by Gasteiger charge is 2.30. The lowest BCUT2D eigenvalue weighted by Crippen LogP contribution is -2.48. The number of rotatable bonds is 7. The van der Waals surface area contributed by atoms with E-state index in [0.29, 0.717) is 6.04 Å². The highest BCUT2D eigenvalue weighted by molar-refractivity contribution is 7.13. The molecule has 1 saturated heterocycles. The van der Waals surface area contributed by atoms with E-state index in [2.05, 4.69) is 76.1 Å². The van der Waals surface area contributed by atoms with Crippen molar-refractivity contribution >= 4 is 17.2 Å². The van der Waals surface area contributed by atoms with Gasteiger partial charge in [0.05, 0.1) is 17.0 Å². The van der Waals surface area contributed by atoms with Gasteiger partial charge in [-0.25, -0.2) is 4.98 Å². The number of piperazine rings is 1. The number of carbonyl (C=O) groups excluding carboxylic acids is 1. The quantitative estimate of drug-likeness (QED) is 0.265. The molecule has 1 saturated carbocycles. The highest BCUT2D eigenvalue weighted by Crippen LogP contribution is 2.39. The summed E-state index contributed by atoms with van der Waals surface area (Å²) < 4.78 is 2.43. The summed E-state index contributed by atoms with van der Waals surface area (Å²) in [4.78, 5) is 27.9. The zero-order chi connectivity index (χ0) is 26.8. The van der Waals surface area contributed by atoms with Crippen LogP contribution in [0.25, 0.3) is 22.0 Å². The molecule has 4 heterocycles. The number of carbonyl (C=O) groups is 1. The molecule has 1 aromatic carbocycles. The SMILES string of the molecule is CCc1cc(-c2nc(-c3cc(C(=O)N4CCN(Cc5ccccc5)CC4)c(C)n3C3CCCC3)cs2)ccn1. The molecule has 6 nitrogen and oxygen atoms in total. The number of amides is 1. The maximum atomic E-state index is 13.9. The minimum Gasteiger partial charge on any atom is -0.340 e. The lowest BCUT2D eigenvalue weighted by molar-refractivity contribution is 0.0627. The van der Waals surface area contributed by atoms with Crippen LogP contribution in [0.5, 0.6) is 0 Å². The fraction of sp³-hybridized carbons (Fsp3) is 0.406. The van der Waals surface area contributed by atoms with Crippen molar-refractivity contribution in [1.29, 1.82) is 0 Å². The summed E-state index contributed by atoms with van der Waals surface area (Å²) in [6.45, 7) is 8.51. The van der Waals surface area contributed by atoms with Gasteiger partial charge in [-0.3, -0.25) is 14.7 Å². The Morgan fingerprint density at radius 3 is 2.54 bits per heavy atom. The Labute approximate surface area is 235 Å². The van der Waals surface area contributed by atoms with Crippen LogP contribution in [0.1, 0.15) is 66.0 Å². The van der Waals surface area contributed by atoms with Crippen molar-refractivity contribution in [2.45, 2.75) is 58.5 Å². The third kappa shape index (κ3) is 5.43. The average Bonchev–Trinajstić information content (AvgIpc) is 3.74. The zero-order valence-electron chi connectivity index (χ0n) is 23.0. The predicted molar refractivity (Wildman–Crippen MR) is 158 cm³/mol. The van der Waals surface area contributed by atoms with E-state index in [9.17, 15) is 4.79 Å². The van der Waals surface area contributed by atoms with E-state index in [1.807, 2.05) is 17.2 Å². The molecule has 202 valence electrons. The summed E-state index contributed by atoms with van der Waals surface area (Å²) in [6.07, 6.45) is 7.59. The zero-order valence-corrected chi connectivity index (χ0v) is 23.8. The largest absolute Gasteiger partial charge is 0.340 e. The van der Waals surface area contributed by atoms with Gasteiger partial charge in [0, 0.05) is 67.3 Å². The second kappa shape index (κ2) is 11.4. The summed E-state index contributed by atoms with van der Waals surface area (Å²) in [5.41, 5.74) is 7.47. The van der Waals surface area contributed by atoms with Crippen LogP contribution in [-0.4, -0.2) is 56.4 Å². The van der Waals surface area contributed by atoms with E-state index in [-0.39, 0.29) is 5.91 Å². The van der Waals surface area contributed by atoms with E-state index >= 15 is 0 Å². The van der Waals surface area contributed by atoms with Gasteiger partial charge in [-0.15, -0.1) is 11.3 Å². The molecule has 1 amide bonds. The molecule has 7 heteroatoms. The summed E-state index contributed by atoms with van der Waals surface area (Å²) in [7, 11) is 0. The van der Waals surface area contributed by atoms with Crippen LogP contribution in [0.4, 0.5) is 0 Å². The van der Waals surface area contributed by atoms with Gasteiger partial charge in [0.2, 0.25) is 0 Å². The van der Waals surface area contributed by atoms with Crippen molar-refractivity contribution in [2.75, 3.05) is 26.2 Å². The van der Waals surface area contributed by atoms with Crippen LogP contribution in [0, 0.1) is 6.92 Å². The molecule has 2 fully saturated rings. The second-order valence-electron chi connectivity index (χ2n) is 10.8. The molecule has 0 unspecified atom stereocenters. The molecule has 4 aromatic rings. The maximum Gasteiger partial charge on any atom is 0.255 e. The van der Waals surface area contributed by atoms with Gasteiger partial charge in [-0.05, 0) is 49.9 Å². The highest BCUT2D eigenvalue weighted by atomic mass is 32.1. The molecule has 3 aromatic heterocycles. The minimum atomic E-state index is 0.155. The summed E-state index contributed by atoms with van der Waals surface area (Å²) in [5, 5.41) is 3.15. The maximum absolute atomic E-state index is 13.9. The van der Waals surface area contributed by atoms with Gasteiger partial charge in [0.1, 0.15) is 5.01 Å². The van der Waals surface area contributed by atoms with Crippen molar-refractivity contribution in [3.63, 3.8) is 0 Å². The smallest absolute Gasteiger partial charge is 0.255 e. The second-order valence-corrected chi connectivity index (χ2v) is 11.7. The van der Waals surface area contributed by atoms with E-state index in [4.69, 9.17) is 4.98 Å². The topological polar surface area (TPSA) is 54.3 Å². The predicted octanol–water partition coefficient (Wildman–Crippen LogP) is 6.62. The first-order valence-corrected chi connectivity index (χ1v) is 15.2. The van der Waals surface area contributed by atoms with E-state index in [0.717, 1.165) is 90.9 Å². The Hall–Kier alpha value is -3.29. The molecule has 39 heavy (non-hydrogen) atoms. The number of thiazole rings is 1. The average molecular weight is 540 g/mol. The molecule has 2 aliphatic rings. The van der Waals surface area contributed by atoms with Gasteiger partial charge in [-0.1, -0.05) is 50.1 Å². The van der Waals surface area contributed by atoms with Crippen LogP contribution in [0.3, 0.4) is 0 Å². The first kappa shape index (κ1) is 26.0. The molecular formula is C32H37N5OS. The van der Waals surface area contributed by atoms with Gasteiger partial charge in [-0.2, -0.15) is 0 Å². The standard InChI is InChI=1S/C32H37N5OS/c1-3-26-19-25(13-14-33-26)31-34-29(22-39-31)30-20-28(23(2)37(30)27-11-7-8-12-27)32(38)36-17-15-35(16-18-36)21-24-9-5-4-6-10-24/h4-6,9-10,13-14,19-20,22,27H,3,7-8,11-12,15-18,21H2,1-2H3. The Bertz CT molecular complexity index is 1430. The summed E-state index contributed by atoms with van der Waals surface area (Å²) in [6, 6.07) is 17.3. The fourth-order valence-electron chi connectivity index (χ4n) is 6.12. The molecule has 0 spiro atoms. The summed E-state index contributed by atoms with van der Waals surface area (Å²) >= 11 is 1.67. The van der Waals surface area contributed by atoms with Crippen LogP contribution in [0.2, 0.25) is 0 Å². The first-order chi connectivity index (χ1) is 19.1. The normalized spacial score (nSPS) is 16.7. The molecule has 0 radical (unpaired) electrons. The van der Waals surface area contributed by atoms with Crippen molar-refractivity contribution in [1.82, 2.24) is 24.3 Å². The van der Waals surface area contributed by atoms with Crippen molar-refractivity contribution in [2.24, 2.45) is 0 Å². The Kier molecular flexibility index (Phi) is 7.62. The molecule has 1 aliphatic carbocycles. The lowest BCUT2D eigenvalue weighted by atomic mass is 10.1. The van der Waals surface area contributed by atoms with Gasteiger partial charge in [0.15, 0.2) is 0 Å². The Morgan fingerprint density at radius 1 is 1.03 bits per heavy atom. The molecule has 0 atom stereocenters. The number of nitrogens with zero attached hydrogens (tertiary/aromatic N) is 5. The Morgan fingerprint density at radius 2 is 1.79 bits per heavy atom. The monoisotopic (exact) mass is 539 g/mol. The molecule has 0 N–H and O–H groups in total. The Balaban J connectivity index is 1.25. The molecule has 0 bridgehead atoms. The number of hydrogen-bond donors (Lipinski definition) is 0. The van der Waals surface area contributed by atoms with Crippen LogP contribution in [0.15, 0.2) is 60.1 Å². The van der Waals surface area contributed by atoms with Crippen LogP contribution < -0.4 is 0 Å². The molecule has 1 aliphatic heterocycles. The van der Waals surface area contributed by atoms with Gasteiger partial charge >= 0.3 is 0 Å². The number of hydrogen-bond acceptors (Lipinski definition) is 5. The number of aryl methyl sites for hydroxylation is 1. The lowest BCUT2D eigenvalue weighted by Gasteiger charge is -2.34. The van der Waals surface area contributed by atoms with Gasteiger partial charge < -0.3 is 9.47 Å². The third-order valence-corrected chi connectivity index (χ3v) is 9.20. The number of aromatic nitrogens is 3. The van der Waals surface area contributed by atoms with E-state index < -0.39 is 0 Å². The van der Waals surface area contributed by atoms with E-state index in [1.165, 1.54) is 18.4 Å². The third-order valence-electron chi connectivity index (χ3n) is 8.31. The van der Waals surface area contributed by atoms with Crippen molar-refractivity contribution in [3.05, 3.63) is 82.6 Å². The van der Waals surface area contributed by atoms with Crippen LogP contribution in [-0.2, 0) is 13.0 Å². The number of pyridine rings is 1. The van der Waals surface area contributed by atoms with Gasteiger partial charge in [0.25, 0.3) is 5.91 Å². The van der Waals surface area contributed by atoms with Crippen LogP contribution >= 0.6 is 11.3 Å². The minimum absolute atomic E-state index is 0.155. The van der Waals surface area contributed by atoms with E-state index in [1.54, 1.807) is 11.3 Å². The van der Waals surface area contributed by atoms with Crippen molar-refractivity contribution < 1.29 is 4.79 Å². The van der Waals surface area contributed by atoms with Crippen molar-refractivity contribution in [3.8, 4) is 22.0 Å². The summed E-state index contributed by atoms with van der Waals surface area (Å²) in [5.74, 6) is 0.155. The fourth-order valence-corrected chi connectivity index (χ4v) is 6.93. The molecule has 6 rings (SSSR count). The first-order valence-electron chi connectivity index (χ1n) is 14.3. The number of benzene rings is 1. The molecular weight excluding hydrogens is 502 g/mol.